The molecular formula is C15H16N2O2. The minimum absolute atomic E-state index is 0.153. The number of benzene rings is 2. The number of nitro groups is 1. The third-order valence-corrected chi connectivity index (χ3v) is 3.26. The first-order valence-electron chi connectivity index (χ1n) is 6.12. The quantitative estimate of drug-likeness (QED) is 0.668. The van der Waals surface area contributed by atoms with Crippen molar-refractivity contribution in [3.63, 3.8) is 0 Å². The topological polar surface area (TPSA) is 55.2 Å². The van der Waals surface area contributed by atoms with Gasteiger partial charge in [-0.3, -0.25) is 10.1 Å². The van der Waals surface area contributed by atoms with Crippen LogP contribution in [0.2, 0.25) is 0 Å². The first-order valence-corrected chi connectivity index (χ1v) is 6.12. The molecule has 1 N–H and O–H groups in total. The van der Waals surface area contributed by atoms with Gasteiger partial charge in [0.25, 0.3) is 5.69 Å². The van der Waals surface area contributed by atoms with E-state index in [0.717, 1.165) is 5.69 Å². The summed E-state index contributed by atoms with van der Waals surface area (Å²) in [4.78, 5) is 10.6. The lowest BCUT2D eigenvalue weighted by atomic mass is 10.1. The molecule has 0 aliphatic heterocycles. The van der Waals surface area contributed by atoms with Crippen LogP contribution in [0, 0.1) is 24.0 Å². The van der Waals surface area contributed by atoms with Gasteiger partial charge in [-0.2, -0.15) is 0 Å². The van der Waals surface area contributed by atoms with Gasteiger partial charge in [-0.05, 0) is 31.0 Å². The van der Waals surface area contributed by atoms with Gasteiger partial charge in [0.15, 0.2) is 0 Å². The Bertz CT molecular complexity index is 609. The second-order valence-electron chi connectivity index (χ2n) is 4.49. The molecule has 4 heteroatoms. The van der Waals surface area contributed by atoms with E-state index in [1.54, 1.807) is 12.1 Å². The Morgan fingerprint density at radius 2 is 1.84 bits per heavy atom. The number of nitro benzene ring substituents is 1. The number of anilines is 1. The fraction of sp³-hybridized carbons (Fsp3) is 0.200. The summed E-state index contributed by atoms with van der Waals surface area (Å²) in [5.74, 6) is 0. The molecule has 2 rings (SSSR count). The molecule has 0 radical (unpaired) electrons. The van der Waals surface area contributed by atoms with E-state index in [0.29, 0.717) is 12.1 Å². The van der Waals surface area contributed by atoms with Crippen LogP contribution in [0.15, 0.2) is 42.5 Å². The zero-order valence-corrected chi connectivity index (χ0v) is 11.0. The van der Waals surface area contributed by atoms with Gasteiger partial charge >= 0.3 is 0 Å². The SMILES string of the molecule is Cc1cccc(NCc2ccccc2[N+](=O)[O-])c1C. The van der Waals surface area contributed by atoms with E-state index >= 15 is 0 Å². The molecule has 0 bridgehead atoms. The van der Waals surface area contributed by atoms with Crippen LogP contribution in [-0.2, 0) is 6.54 Å². The van der Waals surface area contributed by atoms with E-state index in [-0.39, 0.29) is 10.6 Å². The number of aryl methyl sites for hydroxylation is 1. The van der Waals surface area contributed by atoms with E-state index in [4.69, 9.17) is 0 Å². The molecule has 2 aromatic rings. The van der Waals surface area contributed by atoms with Gasteiger partial charge in [-0.1, -0.05) is 30.3 Å². The number of hydrogen-bond donors (Lipinski definition) is 1. The Hall–Kier alpha value is -2.36. The highest BCUT2D eigenvalue weighted by Crippen LogP contribution is 2.22. The molecule has 98 valence electrons. The van der Waals surface area contributed by atoms with Crippen LogP contribution >= 0.6 is 0 Å². The molecule has 19 heavy (non-hydrogen) atoms. The fourth-order valence-electron chi connectivity index (χ4n) is 1.97. The average molecular weight is 256 g/mol. The maximum atomic E-state index is 10.9. The van der Waals surface area contributed by atoms with Crippen molar-refractivity contribution < 1.29 is 4.92 Å². The van der Waals surface area contributed by atoms with Crippen molar-refractivity contribution in [2.75, 3.05) is 5.32 Å². The predicted molar refractivity (Wildman–Crippen MR) is 76.3 cm³/mol. The third-order valence-electron chi connectivity index (χ3n) is 3.26. The molecule has 0 heterocycles. The smallest absolute Gasteiger partial charge is 0.274 e. The zero-order valence-electron chi connectivity index (χ0n) is 11.0. The van der Waals surface area contributed by atoms with Crippen LogP contribution in [0.25, 0.3) is 0 Å². The van der Waals surface area contributed by atoms with Crippen molar-refractivity contribution in [3.8, 4) is 0 Å². The molecule has 0 aliphatic carbocycles. The predicted octanol–water partition coefficient (Wildman–Crippen LogP) is 3.82. The molecule has 0 saturated heterocycles. The van der Waals surface area contributed by atoms with Gasteiger partial charge in [0.2, 0.25) is 0 Å². The van der Waals surface area contributed by atoms with Crippen LogP contribution in [0.3, 0.4) is 0 Å². The summed E-state index contributed by atoms with van der Waals surface area (Å²) < 4.78 is 0. The van der Waals surface area contributed by atoms with Crippen molar-refractivity contribution >= 4 is 11.4 Å². The second kappa shape index (κ2) is 5.52. The van der Waals surface area contributed by atoms with Crippen molar-refractivity contribution in [1.82, 2.24) is 0 Å². The Morgan fingerprint density at radius 1 is 1.11 bits per heavy atom. The van der Waals surface area contributed by atoms with E-state index in [1.807, 2.05) is 38.1 Å². The Balaban J connectivity index is 2.19. The van der Waals surface area contributed by atoms with E-state index in [2.05, 4.69) is 5.32 Å². The number of nitrogens with zero attached hydrogens (tertiary/aromatic N) is 1. The van der Waals surface area contributed by atoms with Gasteiger partial charge in [0.1, 0.15) is 0 Å². The largest absolute Gasteiger partial charge is 0.380 e. The second-order valence-corrected chi connectivity index (χ2v) is 4.49. The molecular weight excluding hydrogens is 240 g/mol. The van der Waals surface area contributed by atoms with Gasteiger partial charge in [0, 0.05) is 23.9 Å². The maximum Gasteiger partial charge on any atom is 0.274 e. The summed E-state index contributed by atoms with van der Waals surface area (Å²) in [6.07, 6.45) is 0. The summed E-state index contributed by atoms with van der Waals surface area (Å²) in [5, 5.41) is 14.2. The Morgan fingerprint density at radius 3 is 2.58 bits per heavy atom. The standard InChI is InChI=1S/C15H16N2O2/c1-11-6-5-8-14(12(11)2)16-10-13-7-3-4-9-15(13)17(18)19/h3-9,16H,10H2,1-2H3. The zero-order chi connectivity index (χ0) is 13.8. The molecule has 0 spiro atoms. The molecule has 0 aromatic heterocycles. The monoisotopic (exact) mass is 256 g/mol. The fourth-order valence-corrected chi connectivity index (χ4v) is 1.97. The first kappa shape index (κ1) is 13.1. The van der Waals surface area contributed by atoms with Crippen LogP contribution < -0.4 is 5.32 Å². The van der Waals surface area contributed by atoms with Crippen molar-refractivity contribution in [2.45, 2.75) is 20.4 Å². The van der Waals surface area contributed by atoms with E-state index in [1.165, 1.54) is 17.2 Å². The number of rotatable bonds is 4. The highest BCUT2D eigenvalue weighted by Gasteiger charge is 2.12. The average Bonchev–Trinajstić information content (AvgIpc) is 2.40. The highest BCUT2D eigenvalue weighted by molar-refractivity contribution is 5.54. The molecule has 0 aliphatic rings. The van der Waals surface area contributed by atoms with Crippen LogP contribution in [0.5, 0.6) is 0 Å². The maximum absolute atomic E-state index is 10.9. The molecule has 0 amide bonds. The van der Waals surface area contributed by atoms with Crippen molar-refractivity contribution in [2.24, 2.45) is 0 Å². The summed E-state index contributed by atoms with van der Waals surface area (Å²) >= 11 is 0. The summed E-state index contributed by atoms with van der Waals surface area (Å²) in [6, 6.07) is 12.8. The molecule has 0 unspecified atom stereocenters. The lowest BCUT2D eigenvalue weighted by Gasteiger charge is -2.11. The Labute approximate surface area is 112 Å². The highest BCUT2D eigenvalue weighted by atomic mass is 16.6. The van der Waals surface area contributed by atoms with Gasteiger partial charge in [0.05, 0.1) is 4.92 Å². The van der Waals surface area contributed by atoms with Gasteiger partial charge in [-0.25, -0.2) is 0 Å². The summed E-state index contributed by atoms with van der Waals surface area (Å²) in [5.41, 5.74) is 4.22. The Kier molecular flexibility index (Phi) is 3.80. The first-order chi connectivity index (χ1) is 9.09. The molecule has 2 aromatic carbocycles. The molecule has 4 nitrogen and oxygen atoms in total. The lowest BCUT2D eigenvalue weighted by molar-refractivity contribution is -0.385. The molecule has 0 saturated carbocycles. The molecule has 0 fully saturated rings. The molecule has 0 atom stereocenters. The normalized spacial score (nSPS) is 10.2. The summed E-state index contributed by atoms with van der Waals surface area (Å²) in [7, 11) is 0. The van der Waals surface area contributed by atoms with Crippen molar-refractivity contribution in [1.29, 1.82) is 0 Å². The van der Waals surface area contributed by atoms with E-state index < -0.39 is 0 Å². The van der Waals surface area contributed by atoms with E-state index in [9.17, 15) is 10.1 Å². The minimum Gasteiger partial charge on any atom is -0.380 e. The lowest BCUT2D eigenvalue weighted by Crippen LogP contribution is -2.04. The minimum atomic E-state index is -0.347. The summed E-state index contributed by atoms with van der Waals surface area (Å²) in [6.45, 7) is 4.53. The van der Waals surface area contributed by atoms with Gasteiger partial charge in [-0.15, -0.1) is 0 Å². The number of hydrogen-bond acceptors (Lipinski definition) is 3. The number of nitrogens with one attached hydrogen (secondary N) is 1. The van der Waals surface area contributed by atoms with Crippen LogP contribution in [-0.4, -0.2) is 4.92 Å². The van der Waals surface area contributed by atoms with Gasteiger partial charge < -0.3 is 5.32 Å². The number of para-hydroxylation sites is 1. The third kappa shape index (κ3) is 2.91. The van der Waals surface area contributed by atoms with Crippen molar-refractivity contribution in [3.05, 3.63) is 69.3 Å². The van der Waals surface area contributed by atoms with Crippen LogP contribution in [0.4, 0.5) is 11.4 Å². The van der Waals surface area contributed by atoms with Crippen LogP contribution in [0.1, 0.15) is 16.7 Å².